The second-order valence-electron chi connectivity index (χ2n) is 16.1. The first kappa shape index (κ1) is 40.3. The SMILES string of the molecule is CC(C)(C)OC(=O)N[C@H]1CCCCCC=C[C@@H]2C[C@@]2(C(=O)NS(=O)(=O)C2CC2)NC(=O)[C@@H]2C[C@@H](OC(=O)N3CCc4cc(C(F)(F)F)ccc4C3)CN2C1=O. The number of sulfonamides is 1. The zero-order chi connectivity index (χ0) is 39.9. The average Bonchev–Trinajstić information content (AvgIpc) is 4.02. The van der Waals surface area contributed by atoms with Crippen LogP contribution in [0.25, 0.3) is 0 Å². The first-order valence-corrected chi connectivity index (χ1v) is 20.3. The van der Waals surface area contributed by atoms with Gasteiger partial charge in [0.25, 0.3) is 5.91 Å². The number of alkyl carbamates (subject to hydrolysis) is 1. The summed E-state index contributed by atoms with van der Waals surface area (Å²) in [4.78, 5) is 71.1. The normalized spacial score (nSPS) is 27.7. The van der Waals surface area contributed by atoms with E-state index in [9.17, 15) is 45.6 Å². The number of hydrogen-bond donors (Lipinski definition) is 3. The number of carbonyl (C=O) groups excluding carboxylic acids is 5. The van der Waals surface area contributed by atoms with Crippen LogP contribution in [0.5, 0.6) is 0 Å². The van der Waals surface area contributed by atoms with E-state index in [4.69, 9.17) is 9.47 Å². The molecule has 3 fully saturated rings. The molecule has 0 bridgehead atoms. The van der Waals surface area contributed by atoms with E-state index in [2.05, 4.69) is 15.4 Å². The number of alkyl halides is 3. The summed E-state index contributed by atoms with van der Waals surface area (Å²) in [7, 11) is -3.95. The Balaban J connectivity index is 1.23. The van der Waals surface area contributed by atoms with E-state index in [0.29, 0.717) is 43.2 Å². The van der Waals surface area contributed by atoms with Crippen molar-refractivity contribution < 1.29 is 55.0 Å². The van der Waals surface area contributed by atoms with Gasteiger partial charge in [0, 0.05) is 25.4 Å². The molecule has 5 amide bonds. The van der Waals surface area contributed by atoms with Crippen molar-refractivity contribution in [1.82, 2.24) is 25.2 Å². The zero-order valence-corrected chi connectivity index (χ0v) is 31.9. The minimum atomic E-state index is -4.51. The summed E-state index contributed by atoms with van der Waals surface area (Å²) in [5.41, 5.74) is -2.25. The Bertz CT molecular complexity index is 1840. The van der Waals surface area contributed by atoms with Gasteiger partial charge in [-0.3, -0.25) is 19.1 Å². The number of allylic oxidation sites excluding steroid dienone is 1. The number of ether oxygens (including phenoxy) is 2. The molecule has 5 atom stereocenters. The summed E-state index contributed by atoms with van der Waals surface area (Å²) in [6.45, 7) is 4.84. The lowest BCUT2D eigenvalue weighted by molar-refractivity contribution is -0.141. The van der Waals surface area contributed by atoms with Gasteiger partial charge in [0.1, 0.15) is 29.3 Å². The molecule has 0 spiro atoms. The quantitative estimate of drug-likeness (QED) is 0.371. The third-order valence-corrected chi connectivity index (χ3v) is 12.4. The van der Waals surface area contributed by atoms with Crippen LogP contribution in [0.3, 0.4) is 0 Å². The Morgan fingerprint density at radius 2 is 1.76 bits per heavy atom. The Hall–Kier alpha value is -4.35. The summed E-state index contributed by atoms with van der Waals surface area (Å²) < 4.78 is 78.8. The van der Waals surface area contributed by atoms with Gasteiger partial charge in [-0.15, -0.1) is 0 Å². The highest BCUT2D eigenvalue weighted by Crippen LogP contribution is 2.46. The molecule has 0 unspecified atom stereocenters. The molecule has 0 radical (unpaired) electrons. The largest absolute Gasteiger partial charge is 0.444 e. The Morgan fingerprint density at radius 3 is 2.45 bits per heavy atom. The standard InChI is InChI=1S/C37H48F3N5O9S/c1-35(2,3)54-33(49)41-28-10-8-6-4-5-7-9-25-19-36(25,32(48)43-55(51,52)27-13-14-27)42-30(46)29-18-26(21-45(29)31(28)47)53-34(50)44-16-15-22-17-24(37(38,39)40)12-11-23(22)20-44/h7,9,11-12,17,25-29H,4-6,8,10,13-16,18-21H2,1-3H3,(H,41,49)(H,42,46)(H,43,48)/t25-,26-,28+,29+,36-/m1/s1. The molecule has 6 rings (SSSR count). The minimum absolute atomic E-state index is 0.0102. The van der Waals surface area contributed by atoms with E-state index in [0.717, 1.165) is 18.6 Å². The van der Waals surface area contributed by atoms with Crippen molar-refractivity contribution in [3.05, 3.63) is 47.0 Å². The average molecular weight is 796 g/mol. The molecule has 3 aliphatic heterocycles. The summed E-state index contributed by atoms with van der Waals surface area (Å²) in [6.07, 6.45) is 0.289. The number of hydrogen-bond acceptors (Lipinski definition) is 9. The molecule has 14 nitrogen and oxygen atoms in total. The second-order valence-corrected chi connectivity index (χ2v) is 18.1. The third kappa shape index (κ3) is 9.55. The number of fused-ring (bicyclic) bond motifs is 3. The molecule has 2 aliphatic carbocycles. The van der Waals surface area contributed by atoms with Crippen LogP contribution in [0.15, 0.2) is 30.4 Å². The molecule has 302 valence electrons. The number of halogens is 3. The van der Waals surface area contributed by atoms with Crippen molar-refractivity contribution in [1.29, 1.82) is 0 Å². The Morgan fingerprint density at radius 1 is 1.02 bits per heavy atom. The first-order chi connectivity index (χ1) is 25.8. The number of carbonyl (C=O) groups is 5. The van der Waals surface area contributed by atoms with Crippen LogP contribution in [0.2, 0.25) is 0 Å². The Labute approximate surface area is 317 Å². The van der Waals surface area contributed by atoms with E-state index < -0.39 is 92.2 Å². The van der Waals surface area contributed by atoms with Gasteiger partial charge in [0.2, 0.25) is 21.8 Å². The molecule has 1 aromatic carbocycles. The summed E-state index contributed by atoms with van der Waals surface area (Å²) in [6, 6.07) is 0.954. The molecule has 3 heterocycles. The van der Waals surface area contributed by atoms with Gasteiger partial charge in [-0.05, 0) is 89.0 Å². The molecule has 0 aromatic heterocycles. The van der Waals surface area contributed by atoms with Gasteiger partial charge < -0.3 is 29.9 Å². The van der Waals surface area contributed by atoms with Gasteiger partial charge >= 0.3 is 18.4 Å². The molecule has 5 aliphatic rings. The fourth-order valence-electron chi connectivity index (χ4n) is 7.40. The van der Waals surface area contributed by atoms with Crippen molar-refractivity contribution in [2.45, 2.75) is 132 Å². The summed E-state index contributed by atoms with van der Waals surface area (Å²) in [5.74, 6) is -2.78. The lowest BCUT2D eigenvalue weighted by Gasteiger charge is -2.30. The van der Waals surface area contributed by atoms with Crippen molar-refractivity contribution >= 4 is 39.9 Å². The molecule has 55 heavy (non-hydrogen) atoms. The molecule has 1 saturated heterocycles. The number of benzene rings is 1. The molecule has 18 heteroatoms. The zero-order valence-electron chi connectivity index (χ0n) is 31.1. The van der Waals surface area contributed by atoms with Crippen LogP contribution >= 0.6 is 0 Å². The van der Waals surface area contributed by atoms with E-state index in [1.807, 2.05) is 6.08 Å². The number of nitrogens with zero attached hydrogens (tertiary/aromatic N) is 2. The smallest absolute Gasteiger partial charge is 0.416 e. The van der Waals surface area contributed by atoms with Crippen molar-refractivity contribution in [3.63, 3.8) is 0 Å². The fraction of sp³-hybridized carbons (Fsp3) is 0.649. The monoisotopic (exact) mass is 795 g/mol. The van der Waals surface area contributed by atoms with E-state index in [1.54, 1.807) is 26.8 Å². The van der Waals surface area contributed by atoms with Gasteiger partial charge in [-0.1, -0.05) is 31.1 Å². The van der Waals surface area contributed by atoms with Crippen LogP contribution in [0, 0.1) is 5.92 Å². The first-order valence-electron chi connectivity index (χ1n) is 18.7. The lowest BCUT2D eigenvalue weighted by atomic mass is 9.97. The van der Waals surface area contributed by atoms with Crippen LogP contribution in [-0.4, -0.2) is 95.8 Å². The Kier molecular flexibility index (Phi) is 11.2. The highest BCUT2D eigenvalue weighted by Gasteiger charge is 2.62. The predicted molar refractivity (Wildman–Crippen MR) is 190 cm³/mol. The number of rotatable bonds is 5. The number of amides is 5. The van der Waals surface area contributed by atoms with Gasteiger partial charge in [0.15, 0.2) is 0 Å². The predicted octanol–water partition coefficient (Wildman–Crippen LogP) is 4.07. The van der Waals surface area contributed by atoms with Crippen molar-refractivity contribution in [2.75, 3.05) is 13.1 Å². The fourth-order valence-corrected chi connectivity index (χ4v) is 8.76. The topological polar surface area (TPSA) is 181 Å². The minimum Gasteiger partial charge on any atom is -0.444 e. The van der Waals surface area contributed by atoms with E-state index in [1.165, 1.54) is 15.9 Å². The maximum absolute atomic E-state index is 14.3. The highest BCUT2D eigenvalue weighted by molar-refractivity contribution is 7.91. The van der Waals surface area contributed by atoms with Crippen LogP contribution in [0.1, 0.15) is 95.2 Å². The summed E-state index contributed by atoms with van der Waals surface area (Å²) >= 11 is 0. The molecule has 3 N–H and O–H groups in total. The van der Waals surface area contributed by atoms with E-state index in [-0.39, 0.29) is 45.3 Å². The molecule has 1 aromatic rings. The molecular weight excluding hydrogens is 747 g/mol. The second kappa shape index (κ2) is 15.3. The maximum Gasteiger partial charge on any atom is 0.416 e. The molecular formula is C37H48F3N5O9S. The van der Waals surface area contributed by atoms with E-state index >= 15 is 0 Å². The maximum atomic E-state index is 14.3. The van der Waals surface area contributed by atoms with Gasteiger partial charge in [0.05, 0.1) is 17.4 Å². The van der Waals surface area contributed by atoms with Crippen molar-refractivity contribution in [2.24, 2.45) is 5.92 Å². The third-order valence-electron chi connectivity index (χ3n) is 10.6. The molecule has 2 saturated carbocycles. The highest BCUT2D eigenvalue weighted by atomic mass is 32.2. The summed E-state index contributed by atoms with van der Waals surface area (Å²) in [5, 5.41) is 4.72. The van der Waals surface area contributed by atoms with Crippen LogP contribution in [-0.2, 0) is 53.0 Å². The van der Waals surface area contributed by atoms with Crippen LogP contribution < -0.4 is 15.4 Å². The van der Waals surface area contributed by atoms with Crippen molar-refractivity contribution in [3.8, 4) is 0 Å². The lowest BCUT2D eigenvalue weighted by Crippen LogP contribution is -2.58. The van der Waals surface area contributed by atoms with Crippen LogP contribution in [0.4, 0.5) is 22.8 Å². The number of nitrogens with one attached hydrogen (secondary N) is 3. The van der Waals surface area contributed by atoms with Gasteiger partial charge in [-0.25, -0.2) is 18.0 Å². The van der Waals surface area contributed by atoms with Gasteiger partial charge in [-0.2, -0.15) is 13.2 Å².